The van der Waals surface area contributed by atoms with Gasteiger partial charge in [0, 0.05) is 15.6 Å². The standard InChI is InChI=1S/C12H6Cl3NO2/c13-7-3-6(4-8(14)5-7)11-9(15)1-2-10(16-11)12(17)18/h1-5H,(H,17,18). The van der Waals surface area contributed by atoms with Crippen LogP contribution in [-0.4, -0.2) is 16.1 Å². The zero-order chi connectivity index (χ0) is 13.3. The maximum atomic E-state index is 10.9. The number of pyridine rings is 1. The first-order valence-electron chi connectivity index (χ1n) is 4.83. The van der Waals surface area contributed by atoms with Crippen LogP contribution in [-0.2, 0) is 0 Å². The molecule has 0 amide bonds. The highest BCUT2D eigenvalue weighted by molar-refractivity contribution is 6.36. The summed E-state index contributed by atoms with van der Waals surface area (Å²) in [5.41, 5.74) is 0.812. The first kappa shape index (κ1) is 13.1. The van der Waals surface area contributed by atoms with Gasteiger partial charge in [-0.2, -0.15) is 0 Å². The zero-order valence-corrected chi connectivity index (χ0v) is 11.1. The second-order valence-electron chi connectivity index (χ2n) is 3.49. The normalized spacial score (nSPS) is 10.4. The van der Waals surface area contributed by atoms with Crippen LogP contribution in [0.1, 0.15) is 10.5 Å². The summed E-state index contributed by atoms with van der Waals surface area (Å²) in [5.74, 6) is -1.12. The average molecular weight is 303 g/mol. The smallest absolute Gasteiger partial charge is 0.354 e. The molecular weight excluding hydrogens is 296 g/mol. The van der Waals surface area contributed by atoms with Crippen molar-refractivity contribution in [3.63, 3.8) is 0 Å². The highest BCUT2D eigenvalue weighted by Gasteiger charge is 2.12. The van der Waals surface area contributed by atoms with Crippen molar-refractivity contribution in [2.75, 3.05) is 0 Å². The lowest BCUT2D eigenvalue weighted by Gasteiger charge is -2.06. The second-order valence-corrected chi connectivity index (χ2v) is 4.77. The molecule has 0 aliphatic heterocycles. The third-order valence-corrected chi connectivity index (χ3v) is 2.94. The van der Waals surface area contributed by atoms with Gasteiger partial charge in [-0.25, -0.2) is 9.78 Å². The molecule has 2 rings (SSSR count). The summed E-state index contributed by atoms with van der Waals surface area (Å²) in [5, 5.41) is 10.1. The zero-order valence-electron chi connectivity index (χ0n) is 8.82. The van der Waals surface area contributed by atoms with Crippen molar-refractivity contribution in [1.29, 1.82) is 0 Å². The lowest BCUT2D eigenvalue weighted by atomic mass is 10.1. The van der Waals surface area contributed by atoms with Gasteiger partial charge in [0.25, 0.3) is 0 Å². The molecule has 0 atom stereocenters. The van der Waals surface area contributed by atoms with Crippen molar-refractivity contribution in [2.45, 2.75) is 0 Å². The molecule has 0 fully saturated rings. The maximum Gasteiger partial charge on any atom is 0.354 e. The number of carboxylic acids is 1. The lowest BCUT2D eigenvalue weighted by molar-refractivity contribution is 0.0690. The first-order chi connectivity index (χ1) is 8.47. The van der Waals surface area contributed by atoms with Crippen molar-refractivity contribution in [1.82, 2.24) is 4.98 Å². The van der Waals surface area contributed by atoms with E-state index < -0.39 is 5.97 Å². The van der Waals surface area contributed by atoms with Crippen LogP contribution >= 0.6 is 34.8 Å². The molecule has 1 heterocycles. The minimum atomic E-state index is -1.12. The molecule has 3 nitrogen and oxygen atoms in total. The molecule has 1 aromatic heterocycles. The minimum absolute atomic E-state index is 0.0921. The fraction of sp³-hybridized carbons (Fsp3) is 0. The molecule has 0 saturated carbocycles. The summed E-state index contributed by atoms with van der Waals surface area (Å²) in [4.78, 5) is 14.8. The Morgan fingerprint density at radius 1 is 1.06 bits per heavy atom. The van der Waals surface area contributed by atoms with Crippen LogP contribution < -0.4 is 0 Å². The van der Waals surface area contributed by atoms with Crippen LogP contribution in [0.5, 0.6) is 0 Å². The van der Waals surface area contributed by atoms with Crippen LogP contribution in [0.4, 0.5) is 0 Å². The van der Waals surface area contributed by atoms with Gasteiger partial charge in [0.2, 0.25) is 0 Å². The summed E-state index contributed by atoms with van der Waals surface area (Å²) >= 11 is 17.8. The van der Waals surface area contributed by atoms with Crippen molar-refractivity contribution >= 4 is 40.8 Å². The summed E-state index contributed by atoms with van der Waals surface area (Å²) in [6.45, 7) is 0. The molecule has 1 aromatic carbocycles. The van der Waals surface area contributed by atoms with E-state index in [2.05, 4.69) is 4.98 Å². The fourth-order valence-corrected chi connectivity index (χ4v) is 2.19. The van der Waals surface area contributed by atoms with E-state index >= 15 is 0 Å². The molecule has 18 heavy (non-hydrogen) atoms. The van der Waals surface area contributed by atoms with Crippen molar-refractivity contribution < 1.29 is 9.90 Å². The number of aromatic carboxylic acids is 1. The lowest BCUT2D eigenvalue weighted by Crippen LogP contribution is -2.01. The van der Waals surface area contributed by atoms with Crippen LogP contribution in [0.3, 0.4) is 0 Å². The van der Waals surface area contributed by atoms with E-state index in [1.54, 1.807) is 18.2 Å². The quantitative estimate of drug-likeness (QED) is 0.894. The SMILES string of the molecule is O=C(O)c1ccc(Cl)c(-c2cc(Cl)cc(Cl)c2)n1. The van der Waals surface area contributed by atoms with E-state index in [9.17, 15) is 4.79 Å². The monoisotopic (exact) mass is 301 g/mol. The summed E-state index contributed by atoms with van der Waals surface area (Å²) in [6.07, 6.45) is 0. The topological polar surface area (TPSA) is 50.2 Å². The Balaban J connectivity index is 2.62. The molecule has 0 unspecified atom stereocenters. The Morgan fingerprint density at radius 2 is 1.67 bits per heavy atom. The largest absolute Gasteiger partial charge is 0.477 e. The minimum Gasteiger partial charge on any atom is -0.477 e. The number of carbonyl (C=O) groups is 1. The fourth-order valence-electron chi connectivity index (χ4n) is 1.45. The van der Waals surface area contributed by atoms with E-state index in [1.807, 2.05) is 0 Å². The molecule has 92 valence electrons. The van der Waals surface area contributed by atoms with Gasteiger partial charge < -0.3 is 5.11 Å². The Kier molecular flexibility index (Phi) is 3.76. The van der Waals surface area contributed by atoms with Crippen LogP contribution in [0.25, 0.3) is 11.3 Å². The van der Waals surface area contributed by atoms with Gasteiger partial charge in [-0.3, -0.25) is 0 Å². The molecule has 1 N–H and O–H groups in total. The van der Waals surface area contributed by atoms with Gasteiger partial charge in [0.1, 0.15) is 5.69 Å². The average Bonchev–Trinajstić information content (AvgIpc) is 2.27. The Bertz CT molecular complexity index is 608. The maximum absolute atomic E-state index is 10.9. The number of halogens is 3. The molecule has 0 bridgehead atoms. The number of rotatable bonds is 2. The third kappa shape index (κ3) is 2.75. The van der Waals surface area contributed by atoms with Crippen LogP contribution in [0.2, 0.25) is 15.1 Å². The molecule has 6 heteroatoms. The number of hydrogen-bond acceptors (Lipinski definition) is 2. The molecule has 0 radical (unpaired) electrons. The van der Waals surface area contributed by atoms with Gasteiger partial charge in [-0.05, 0) is 30.3 Å². The highest BCUT2D eigenvalue weighted by Crippen LogP contribution is 2.30. The second kappa shape index (κ2) is 5.14. The van der Waals surface area contributed by atoms with Gasteiger partial charge in [0.15, 0.2) is 0 Å². The molecule has 0 saturated heterocycles. The number of nitrogens with zero attached hydrogens (tertiary/aromatic N) is 1. The van der Waals surface area contributed by atoms with E-state index in [-0.39, 0.29) is 5.69 Å². The Morgan fingerprint density at radius 3 is 2.22 bits per heavy atom. The van der Waals surface area contributed by atoms with Crippen LogP contribution in [0, 0.1) is 0 Å². The summed E-state index contributed by atoms with van der Waals surface area (Å²) in [6, 6.07) is 7.62. The number of benzene rings is 1. The van der Waals surface area contributed by atoms with Gasteiger partial charge >= 0.3 is 5.97 Å². The molecule has 0 aliphatic rings. The van der Waals surface area contributed by atoms with Crippen molar-refractivity contribution in [3.8, 4) is 11.3 Å². The number of aromatic nitrogens is 1. The number of hydrogen-bond donors (Lipinski definition) is 1. The number of carboxylic acid groups (broad SMARTS) is 1. The van der Waals surface area contributed by atoms with Crippen molar-refractivity contribution in [2.24, 2.45) is 0 Å². The van der Waals surface area contributed by atoms with Gasteiger partial charge in [-0.15, -0.1) is 0 Å². The van der Waals surface area contributed by atoms with Crippen molar-refractivity contribution in [3.05, 3.63) is 51.1 Å². The van der Waals surface area contributed by atoms with E-state index in [1.165, 1.54) is 12.1 Å². The van der Waals surface area contributed by atoms with E-state index in [0.717, 1.165) is 0 Å². The molecule has 2 aromatic rings. The molecular formula is C12H6Cl3NO2. The summed E-state index contributed by atoms with van der Waals surface area (Å²) < 4.78 is 0. The highest BCUT2D eigenvalue weighted by atomic mass is 35.5. The Labute approximate surface area is 118 Å². The first-order valence-corrected chi connectivity index (χ1v) is 5.97. The predicted molar refractivity (Wildman–Crippen MR) is 71.7 cm³/mol. The van der Waals surface area contributed by atoms with E-state index in [0.29, 0.717) is 26.3 Å². The summed E-state index contributed by atoms with van der Waals surface area (Å²) in [7, 11) is 0. The molecule has 0 spiro atoms. The van der Waals surface area contributed by atoms with Gasteiger partial charge in [-0.1, -0.05) is 34.8 Å². The predicted octanol–water partition coefficient (Wildman–Crippen LogP) is 4.41. The Hall–Kier alpha value is -1.29. The van der Waals surface area contributed by atoms with E-state index in [4.69, 9.17) is 39.9 Å². The third-order valence-electron chi connectivity index (χ3n) is 2.20. The molecule has 0 aliphatic carbocycles. The van der Waals surface area contributed by atoms with Crippen LogP contribution in [0.15, 0.2) is 30.3 Å². The van der Waals surface area contributed by atoms with Gasteiger partial charge in [0.05, 0.1) is 10.7 Å².